The number of Topliss-reactive ketones (excluding diaryl/α,β-unsaturated/α-hetero) is 1. The quantitative estimate of drug-likeness (QED) is 0.554. The summed E-state index contributed by atoms with van der Waals surface area (Å²) in [6.07, 6.45) is -0.291. The first-order valence-electron chi connectivity index (χ1n) is 8.30. The van der Waals surface area contributed by atoms with Gasteiger partial charge in [-0.05, 0) is 31.5 Å². The minimum atomic E-state index is -0.856. The van der Waals surface area contributed by atoms with Crippen LogP contribution >= 0.6 is 11.6 Å². The highest BCUT2D eigenvalue weighted by Gasteiger charge is 2.19. The van der Waals surface area contributed by atoms with E-state index in [1.54, 1.807) is 55.5 Å². The van der Waals surface area contributed by atoms with Crippen LogP contribution < -0.4 is 5.32 Å². The van der Waals surface area contributed by atoms with E-state index >= 15 is 0 Å². The van der Waals surface area contributed by atoms with Gasteiger partial charge in [-0.15, -0.1) is 0 Å². The molecular formula is C20H20ClNO4. The number of hydrogen-bond acceptors (Lipinski definition) is 4. The van der Waals surface area contributed by atoms with Gasteiger partial charge >= 0.3 is 5.97 Å². The molecule has 5 nitrogen and oxygen atoms in total. The van der Waals surface area contributed by atoms with Gasteiger partial charge in [0.15, 0.2) is 6.10 Å². The normalized spacial score (nSPS) is 11.5. The molecule has 6 heteroatoms. The molecule has 0 aromatic heterocycles. The molecule has 1 N–H and O–H groups in total. The fourth-order valence-electron chi connectivity index (χ4n) is 2.33. The molecule has 0 heterocycles. The van der Waals surface area contributed by atoms with Crippen molar-refractivity contribution in [2.24, 2.45) is 0 Å². The van der Waals surface area contributed by atoms with E-state index in [1.165, 1.54) is 0 Å². The number of carbonyl (C=O) groups is 3. The molecule has 1 amide bonds. The van der Waals surface area contributed by atoms with Crippen LogP contribution in [0.2, 0.25) is 5.02 Å². The van der Waals surface area contributed by atoms with Gasteiger partial charge in [-0.1, -0.05) is 48.0 Å². The summed E-state index contributed by atoms with van der Waals surface area (Å²) in [7, 11) is 0. The molecule has 0 aliphatic heterocycles. The fourth-order valence-corrected chi connectivity index (χ4v) is 2.52. The number of anilines is 1. The van der Waals surface area contributed by atoms with Crippen LogP contribution in [0, 0.1) is 0 Å². The molecule has 26 heavy (non-hydrogen) atoms. The number of hydrogen-bond donors (Lipinski definition) is 1. The van der Waals surface area contributed by atoms with E-state index in [4.69, 9.17) is 16.3 Å². The first-order chi connectivity index (χ1) is 12.5. The highest BCUT2D eigenvalue weighted by Crippen LogP contribution is 2.15. The summed E-state index contributed by atoms with van der Waals surface area (Å²) in [5.74, 6) is -0.969. The monoisotopic (exact) mass is 373 g/mol. The average molecular weight is 374 g/mol. The summed E-state index contributed by atoms with van der Waals surface area (Å²) < 4.78 is 5.14. The molecule has 0 radical (unpaired) electrons. The number of rotatable bonds is 8. The van der Waals surface area contributed by atoms with Gasteiger partial charge in [-0.25, -0.2) is 0 Å². The van der Waals surface area contributed by atoms with Gasteiger partial charge in [0.05, 0.1) is 0 Å². The summed E-state index contributed by atoms with van der Waals surface area (Å²) in [4.78, 5) is 35.9. The predicted molar refractivity (Wildman–Crippen MR) is 100 cm³/mol. The molecule has 0 spiro atoms. The molecule has 0 aliphatic carbocycles. The average Bonchev–Trinajstić information content (AvgIpc) is 2.61. The first-order valence-corrected chi connectivity index (χ1v) is 8.67. The summed E-state index contributed by atoms with van der Waals surface area (Å²) >= 11 is 5.85. The van der Waals surface area contributed by atoms with Crippen LogP contribution in [0.1, 0.15) is 36.5 Å². The zero-order chi connectivity index (χ0) is 18.9. The smallest absolute Gasteiger partial charge is 0.306 e. The second-order valence-electron chi connectivity index (χ2n) is 5.77. The summed E-state index contributed by atoms with van der Waals surface area (Å²) in [6.45, 7) is 1.54. The highest BCUT2D eigenvalue weighted by molar-refractivity contribution is 6.30. The molecule has 1 atom stereocenters. The van der Waals surface area contributed by atoms with Crippen molar-refractivity contribution in [3.63, 3.8) is 0 Å². The van der Waals surface area contributed by atoms with Crippen molar-refractivity contribution in [1.82, 2.24) is 0 Å². The SMILES string of the molecule is C[C@H](OC(=O)CCCC(=O)Nc1cccc(Cl)c1)C(=O)c1ccccc1. The van der Waals surface area contributed by atoms with Crippen molar-refractivity contribution in [1.29, 1.82) is 0 Å². The van der Waals surface area contributed by atoms with Crippen LogP contribution in [0.15, 0.2) is 54.6 Å². The molecule has 2 aromatic carbocycles. The number of ether oxygens (including phenoxy) is 1. The van der Waals surface area contributed by atoms with Crippen molar-refractivity contribution in [2.75, 3.05) is 5.32 Å². The van der Waals surface area contributed by atoms with Crippen LogP contribution in [0.4, 0.5) is 5.69 Å². The lowest BCUT2D eigenvalue weighted by molar-refractivity contribution is -0.146. The van der Waals surface area contributed by atoms with E-state index in [-0.39, 0.29) is 24.5 Å². The van der Waals surface area contributed by atoms with E-state index < -0.39 is 12.1 Å². The Kier molecular flexibility index (Phi) is 7.36. The van der Waals surface area contributed by atoms with Gasteiger partial charge in [0.25, 0.3) is 0 Å². The lowest BCUT2D eigenvalue weighted by Gasteiger charge is -2.12. The maximum atomic E-state index is 12.1. The van der Waals surface area contributed by atoms with Crippen molar-refractivity contribution in [3.8, 4) is 0 Å². The van der Waals surface area contributed by atoms with Crippen LogP contribution in [-0.4, -0.2) is 23.8 Å². The standard InChI is InChI=1S/C20H20ClNO4/c1-14(20(25)15-7-3-2-4-8-15)26-19(24)12-6-11-18(23)22-17-10-5-9-16(21)13-17/h2-5,7-10,13-14H,6,11-12H2,1H3,(H,22,23)/t14-/m0/s1. The Morgan fingerprint density at radius 1 is 1.04 bits per heavy atom. The van der Waals surface area contributed by atoms with Crippen molar-refractivity contribution >= 4 is 34.9 Å². The summed E-state index contributed by atoms with van der Waals surface area (Å²) in [5, 5.41) is 3.24. The second kappa shape index (κ2) is 9.73. The van der Waals surface area contributed by atoms with E-state index in [2.05, 4.69) is 5.32 Å². The summed E-state index contributed by atoms with van der Waals surface area (Å²) in [5.41, 5.74) is 1.10. The molecule has 136 valence electrons. The predicted octanol–water partition coefficient (Wildman–Crippen LogP) is 4.26. The second-order valence-corrected chi connectivity index (χ2v) is 6.21. The topological polar surface area (TPSA) is 72.5 Å². The van der Waals surface area contributed by atoms with Crippen molar-refractivity contribution in [2.45, 2.75) is 32.3 Å². The Labute approximate surface area is 157 Å². The molecule has 2 aromatic rings. The Morgan fingerprint density at radius 3 is 2.46 bits per heavy atom. The molecule has 0 unspecified atom stereocenters. The van der Waals surface area contributed by atoms with Crippen LogP contribution in [0.5, 0.6) is 0 Å². The van der Waals surface area contributed by atoms with Crippen LogP contribution in [-0.2, 0) is 14.3 Å². The Hall–Kier alpha value is -2.66. The minimum absolute atomic E-state index is 0.0649. The van der Waals surface area contributed by atoms with Crippen molar-refractivity contribution in [3.05, 3.63) is 65.2 Å². The zero-order valence-electron chi connectivity index (χ0n) is 14.4. The number of nitrogens with one attached hydrogen (secondary N) is 1. The molecule has 0 fully saturated rings. The number of esters is 1. The molecule has 0 aliphatic rings. The third-order valence-corrected chi connectivity index (χ3v) is 3.86. The van der Waals surface area contributed by atoms with Crippen LogP contribution in [0.3, 0.4) is 0 Å². The molecule has 0 bridgehead atoms. The zero-order valence-corrected chi connectivity index (χ0v) is 15.2. The van der Waals surface area contributed by atoms with Gasteiger partial charge in [0.1, 0.15) is 0 Å². The van der Waals surface area contributed by atoms with Gasteiger partial charge < -0.3 is 10.1 Å². The van der Waals surface area contributed by atoms with Crippen molar-refractivity contribution < 1.29 is 19.1 Å². The number of halogens is 1. The Balaban J connectivity index is 1.71. The Morgan fingerprint density at radius 2 is 1.77 bits per heavy atom. The number of carbonyl (C=O) groups excluding carboxylic acids is 3. The van der Waals surface area contributed by atoms with E-state index in [1.807, 2.05) is 6.07 Å². The van der Waals surface area contributed by atoms with Crippen LogP contribution in [0.25, 0.3) is 0 Å². The molecule has 0 saturated carbocycles. The number of benzene rings is 2. The molecular weight excluding hydrogens is 354 g/mol. The van der Waals surface area contributed by atoms with Gasteiger partial charge in [0.2, 0.25) is 11.7 Å². The highest BCUT2D eigenvalue weighted by atomic mass is 35.5. The maximum Gasteiger partial charge on any atom is 0.306 e. The fraction of sp³-hybridized carbons (Fsp3) is 0.250. The minimum Gasteiger partial charge on any atom is -0.454 e. The maximum absolute atomic E-state index is 12.1. The van der Waals surface area contributed by atoms with Gasteiger partial charge in [-0.3, -0.25) is 14.4 Å². The van der Waals surface area contributed by atoms with E-state index in [9.17, 15) is 14.4 Å². The molecule has 2 rings (SSSR count). The summed E-state index contributed by atoms with van der Waals surface area (Å²) in [6, 6.07) is 15.5. The van der Waals surface area contributed by atoms with Gasteiger partial charge in [0, 0.05) is 29.1 Å². The third-order valence-electron chi connectivity index (χ3n) is 3.63. The first kappa shape index (κ1) is 19.7. The molecule has 0 saturated heterocycles. The third kappa shape index (κ3) is 6.33. The lowest BCUT2D eigenvalue weighted by atomic mass is 10.1. The number of ketones is 1. The van der Waals surface area contributed by atoms with Gasteiger partial charge in [-0.2, -0.15) is 0 Å². The largest absolute Gasteiger partial charge is 0.454 e. The Bertz CT molecular complexity index is 776. The number of amides is 1. The lowest BCUT2D eigenvalue weighted by Crippen LogP contribution is -2.24. The van der Waals surface area contributed by atoms with E-state index in [0.29, 0.717) is 22.7 Å². The van der Waals surface area contributed by atoms with E-state index in [0.717, 1.165) is 0 Å².